The Morgan fingerprint density at radius 3 is 2.96 bits per heavy atom. The molecule has 0 saturated carbocycles. The Morgan fingerprint density at radius 2 is 2.24 bits per heavy atom. The average molecular weight is 339 g/mol. The zero-order chi connectivity index (χ0) is 18.0. The monoisotopic (exact) mass is 339 g/mol. The van der Waals surface area contributed by atoms with Gasteiger partial charge >= 0.3 is 0 Å². The zero-order valence-electron chi connectivity index (χ0n) is 14.7. The molecule has 0 unspecified atom stereocenters. The lowest BCUT2D eigenvalue weighted by Crippen LogP contribution is -2.25. The third-order valence-electron chi connectivity index (χ3n) is 4.60. The summed E-state index contributed by atoms with van der Waals surface area (Å²) in [6.45, 7) is 6.41. The maximum absolute atomic E-state index is 11.0. The summed E-state index contributed by atoms with van der Waals surface area (Å²) in [6, 6.07) is 6.10. The second-order valence-electron chi connectivity index (χ2n) is 6.29. The molecule has 1 saturated heterocycles. The number of nitrogens with one attached hydrogen (secondary N) is 1. The first-order chi connectivity index (χ1) is 12.0. The maximum atomic E-state index is 11.0. The molecule has 7 nitrogen and oxygen atoms in total. The van der Waals surface area contributed by atoms with Gasteiger partial charge in [0.15, 0.2) is 5.82 Å². The SMILES string of the molecule is CC(=O)NCc1ccc([C@@H]2CCCN2c2nnc(C)c(C)c2C#N)o1. The Hall–Kier alpha value is -2.88. The third kappa shape index (κ3) is 3.33. The van der Waals surface area contributed by atoms with Gasteiger partial charge in [0.2, 0.25) is 5.91 Å². The Labute approximate surface area is 146 Å². The highest BCUT2D eigenvalue weighted by molar-refractivity contribution is 5.72. The third-order valence-corrected chi connectivity index (χ3v) is 4.60. The molecule has 3 heterocycles. The van der Waals surface area contributed by atoms with Gasteiger partial charge in [0.1, 0.15) is 23.2 Å². The second kappa shape index (κ2) is 6.93. The summed E-state index contributed by atoms with van der Waals surface area (Å²) in [5.41, 5.74) is 2.21. The van der Waals surface area contributed by atoms with E-state index in [0.717, 1.165) is 36.4 Å². The summed E-state index contributed by atoms with van der Waals surface area (Å²) in [5, 5.41) is 20.8. The quantitative estimate of drug-likeness (QED) is 0.920. The average Bonchev–Trinajstić information content (AvgIpc) is 3.23. The fraction of sp³-hybridized carbons (Fsp3) is 0.444. The molecular formula is C18H21N5O2. The van der Waals surface area contributed by atoms with Crippen LogP contribution in [0.1, 0.15) is 54.1 Å². The van der Waals surface area contributed by atoms with Crippen LogP contribution >= 0.6 is 0 Å². The van der Waals surface area contributed by atoms with Gasteiger partial charge in [-0.15, -0.1) is 5.10 Å². The van der Waals surface area contributed by atoms with Crippen LogP contribution in [0.25, 0.3) is 0 Å². The molecule has 0 bridgehead atoms. The first-order valence-corrected chi connectivity index (χ1v) is 8.35. The van der Waals surface area contributed by atoms with Crippen molar-refractivity contribution in [3.63, 3.8) is 0 Å². The molecule has 0 aromatic carbocycles. The van der Waals surface area contributed by atoms with Gasteiger partial charge in [-0.3, -0.25) is 4.79 Å². The lowest BCUT2D eigenvalue weighted by Gasteiger charge is -2.25. The largest absolute Gasteiger partial charge is 0.462 e. The molecule has 1 N–H and O–H groups in total. The van der Waals surface area contributed by atoms with Crippen LogP contribution in [0.2, 0.25) is 0 Å². The van der Waals surface area contributed by atoms with Crippen LogP contribution in [0.5, 0.6) is 0 Å². The molecule has 0 spiro atoms. The minimum absolute atomic E-state index is 0.0228. The molecule has 2 aromatic heterocycles. The van der Waals surface area contributed by atoms with E-state index in [4.69, 9.17) is 4.42 Å². The first kappa shape index (κ1) is 17.0. The second-order valence-corrected chi connectivity index (χ2v) is 6.29. The van der Waals surface area contributed by atoms with Crippen molar-refractivity contribution in [3.8, 4) is 6.07 Å². The van der Waals surface area contributed by atoms with E-state index >= 15 is 0 Å². The molecule has 1 aliphatic rings. The molecule has 3 rings (SSSR count). The summed E-state index contributed by atoms with van der Waals surface area (Å²) in [5.74, 6) is 2.06. The number of hydrogen-bond donors (Lipinski definition) is 1. The number of aromatic nitrogens is 2. The molecule has 1 atom stereocenters. The number of amides is 1. The van der Waals surface area contributed by atoms with Crippen LogP contribution in [-0.2, 0) is 11.3 Å². The standard InChI is InChI=1S/C18H21N5O2/c1-11-12(2)21-22-18(15(11)9-19)23-8-4-5-16(23)17-7-6-14(25-17)10-20-13(3)24/h6-7,16H,4-5,8,10H2,1-3H3,(H,20,24)/t16-/m0/s1. The number of nitrogens with zero attached hydrogens (tertiary/aromatic N) is 4. The number of carbonyl (C=O) groups is 1. The van der Waals surface area contributed by atoms with E-state index in [0.29, 0.717) is 23.7 Å². The Kier molecular flexibility index (Phi) is 4.70. The van der Waals surface area contributed by atoms with Gasteiger partial charge < -0.3 is 14.6 Å². The Morgan fingerprint density at radius 1 is 1.44 bits per heavy atom. The molecule has 25 heavy (non-hydrogen) atoms. The van der Waals surface area contributed by atoms with E-state index in [-0.39, 0.29) is 11.9 Å². The number of hydrogen-bond acceptors (Lipinski definition) is 6. The molecule has 0 radical (unpaired) electrons. The van der Waals surface area contributed by atoms with Crippen molar-refractivity contribution in [1.82, 2.24) is 15.5 Å². The van der Waals surface area contributed by atoms with Crippen LogP contribution in [0.3, 0.4) is 0 Å². The van der Waals surface area contributed by atoms with Crippen molar-refractivity contribution in [1.29, 1.82) is 5.26 Å². The maximum Gasteiger partial charge on any atom is 0.217 e. The zero-order valence-corrected chi connectivity index (χ0v) is 14.7. The predicted octanol–water partition coefficient (Wildman–Crippen LogP) is 2.54. The minimum atomic E-state index is -0.0930. The summed E-state index contributed by atoms with van der Waals surface area (Å²) in [7, 11) is 0. The molecule has 1 fully saturated rings. The van der Waals surface area contributed by atoms with Gasteiger partial charge in [0.05, 0.1) is 18.3 Å². The van der Waals surface area contributed by atoms with Gasteiger partial charge in [-0.1, -0.05) is 0 Å². The fourth-order valence-corrected chi connectivity index (χ4v) is 3.13. The van der Waals surface area contributed by atoms with E-state index in [1.54, 1.807) is 0 Å². The number of anilines is 1. The van der Waals surface area contributed by atoms with Crippen molar-refractivity contribution in [2.75, 3.05) is 11.4 Å². The van der Waals surface area contributed by atoms with Gasteiger partial charge in [-0.2, -0.15) is 10.4 Å². The van der Waals surface area contributed by atoms with E-state index < -0.39 is 0 Å². The molecular weight excluding hydrogens is 318 g/mol. The van der Waals surface area contributed by atoms with E-state index in [1.165, 1.54) is 6.92 Å². The van der Waals surface area contributed by atoms with Gasteiger partial charge in [-0.05, 0) is 44.4 Å². The smallest absolute Gasteiger partial charge is 0.217 e. The number of nitriles is 1. The topological polar surface area (TPSA) is 95.0 Å². The molecule has 2 aromatic rings. The lowest BCUT2D eigenvalue weighted by molar-refractivity contribution is -0.119. The summed E-state index contributed by atoms with van der Waals surface area (Å²) >= 11 is 0. The minimum Gasteiger partial charge on any atom is -0.462 e. The van der Waals surface area contributed by atoms with Crippen LogP contribution in [0.15, 0.2) is 16.5 Å². The van der Waals surface area contributed by atoms with Crippen molar-refractivity contribution in [2.45, 2.75) is 46.2 Å². The van der Waals surface area contributed by atoms with Gasteiger partial charge in [-0.25, -0.2) is 0 Å². The van der Waals surface area contributed by atoms with E-state index in [2.05, 4.69) is 26.5 Å². The number of furan rings is 1. The number of rotatable bonds is 4. The van der Waals surface area contributed by atoms with Crippen LogP contribution in [0, 0.1) is 25.2 Å². The van der Waals surface area contributed by atoms with E-state index in [9.17, 15) is 10.1 Å². The van der Waals surface area contributed by atoms with E-state index in [1.807, 2.05) is 26.0 Å². The van der Waals surface area contributed by atoms with Crippen LogP contribution < -0.4 is 10.2 Å². The first-order valence-electron chi connectivity index (χ1n) is 8.35. The summed E-state index contributed by atoms with van der Waals surface area (Å²) in [6.07, 6.45) is 1.92. The van der Waals surface area contributed by atoms with Crippen molar-refractivity contribution >= 4 is 11.7 Å². The van der Waals surface area contributed by atoms with Crippen molar-refractivity contribution in [3.05, 3.63) is 40.5 Å². The fourth-order valence-electron chi connectivity index (χ4n) is 3.13. The molecule has 1 aliphatic heterocycles. The highest BCUT2D eigenvalue weighted by Crippen LogP contribution is 2.37. The summed E-state index contributed by atoms with van der Waals surface area (Å²) in [4.78, 5) is 13.1. The Balaban J connectivity index is 1.88. The highest BCUT2D eigenvalue weighted by atomic mass is 16.3. The van der Waals surface area contributed by atoms with Crippen LogP contribution in [-0.4, -0.2) is 22.6 Å². The van der Waals surface area contributed by atoms with Crippen molar-refractivity contribution < 1.29 is 9.21 Å². The van der Waals surface area contributed by atoms with Crippen molar-refractivity contribution in [2.24, 2.45) is 0 Å². The van der Waals surface area contributed by atoms with Gasteiger partial charge in [0.25, 0.3) is 0 Å². The lowest BCUT2D eigenvalue weighted by atomic mass is 10.1. The van der Waals surface area contributed by atoms with Crippen LogP contribution in [0.4, 0.5) is 5.82 Å². The summed E-state index contributed by atoms with van der Waals surface area (Å²) < 4.78 is 5.91. The predicted molar refractivity (Wildman–Crippen MR) is 91.8 cm³/mol. The molecule has 0 aliphatic carbocycles. The number of carbonyl (C=O) groups excluding carboxylic acids is 1. The number of aryl methyl sites for hydroxylation is 1. The normalized spacial score (nSPS) is 16.7. The Bertz CT molecular complexity index is 836. The van der Waals surface area contributed by atoms with Gasteiger partial charge in [0, 0.05) is 13.5 Å². The molecule has 130 valence electrons. The highest BCUT2D eigenvalue weighted by Gasteiger charge is 2.32. The molecule has 7 heteroatoms. The molecule has 1 amide bonds.